The lowest BCUT2D eigenvalue weighted by Crippen LogP contribution is -2.38. The van der Waals surface area contributed by atoms with E-state index in [9.17, 15) is 24.6 Å². The van der Waals surface area contributed by atoms with E-state index >= 15 is 0 Å². The summed E-state index contributed by atoms with van der Waals surface area (Å²) in [6.45, 7) is 6.79. The highest BCUT2D eigenvalue weighted by Crippen LogP contribution is 2.56. The largest absolute Gasteiger partial charge is 0.507 e. The molecule has 0 aromatic heterocycles. The highest BCUT2D eigenvalue weighted by Gasteiger charge is 2.55. The van der Waals surface area contributed by atoms with Crippen molar-refractivity contribution in [3.05, 3.63) is 87.9 Å². The van der Waals surface area contributed by atoms with E-state index < -0.39 is 34.2 Å². The number of benzene rings is 3. The zero-order valence-corrected chi connectivity index (χ0v) is 21.5. The summed E-state index contributed by atoms with van der Waals surface area (Å²) in [6, 6.07) is 13.2. The van der Waals surface area contributed by atoms with E-state index in [2.05, 4.69) is 5.32 Å². The number of hydrogen-bond donors (Lipinski definition) is 3. The molecule has 0 spiro atoms. The van der Waals surface area contributed by atoms with Gasteiger partial charge in [-0.3, -0.25) is 14.4 Å². The lowest BCUT2D eigenvalue weighted by molar-refractivity contribution is -0.123. The van der Waals surface area contributed by atoms with Crippen LogP contribution in [0.2, 0.25) is 0 Å². The Hall–Kier alpha value is -4.59. The van der Waals surface area contributed by atoms with E-state index in [1.807, 2.05) is 43.3 Å². The van der Waals surface area contributed by atoms with Crippen molar-refractivity contribution >= 4 is 28.2 Å². The van der Waals surface area contributed by atoms with Crippen molar-refractivity contribution in [1.29, 1.82) is 0 Å². The van der Waals surface area contributed by atoms with Crippen molar-refractivity contribution in [2.45, 2.75) is 39.7 Å². The third kappa shape index (κ3) is 3.63. The zero-order chi connectivity index (χ0) is 27.4. The number of rotatable bonds is 6. The van der Waals surface area contributed by atoms with Crippen LogP contribution < -0.4 is 14.8 Å². The number of amides is 1. The standard InChI is InChI=1S/C30H27NO7/c1-5-37-22-12-21(34)26-27(38-23-13-20(33)24(16(3)32)28(35)30(23,26)4)25(22)29(36)31-14-19-15(2)10-11-17-8-6-7-9-18(17)19/h6-13,33-34H,5,14H2,1-4H3,(H,31,36)/t30-/m1/s1. The highest BCUT2D eigenvalue weighted by molar-refractivity contribution is 6.25. The summed E-state index contributed by atoms with van der Waals surface area (Å²) in [7, 11) is 0. The molecule has 5 rings (SSSR count). The minimum absolute atomic E-state index is 0.00268. The number of aliphatic hydroxyl groups is 1. The highest BCUT2D eigenvalue weighted by atomic mass is 16.5. The Morgan fingerprint density at radius 1 is 1.13 bits per heavy atom. The lowest BCUT2D eigenvalue weighted by Gasteiger charge is -2.27. The van der Waals surface area contributed by atoms with Crippen molar-refractivity contribution in [1.82, 2.24) is 5.32 Å². The first-order chi connectivity index (χ1) is 18.1. The molecular formula is C30H27NO7. The second-order valence-corrected chi connectivity index (χ2v) is 9.55. The van der Waals surface area contributed by atoms with Crippen molar-refractivity contribution < 1.29 is 34.1 Å². The topological polar surface area (TPSA) is 122 Å². The molecule has 1 amide bonds. The Bertz CT molecular complexity index is 1610. The fourth-order valence-corrected chi connectivity index (χ4v) is 5.27. The van der Waals surface area contributed by atoms with Crippen LogP contribution in [0.1, 0.15) is 47.8 Å². The number of ether oxygens (including phenoxy) is 2. The van der Waals surface area contributed by atoms with Gasteiger partial charge in [-0.25, -0.2) is 0 Å². The van der Waals surface area contributed by atoms with Crippen LogP contribution in [0.5, 0.6) is 17.2 Å². The van der Waals surface area contributed by atoms with Crippen LogP contribution in [-0.2, 0) is 21.5 Å². The summed E-state index contributed by atoms with van der Waals surface area (Å²) in [6.07, 6.45) is 1.18. The first-order valence-electron chi connectivity index (χ1n) is 12.3. The van der Waals surface area contributed by atoms with Gasteiger partial charge in [-0.2, -0.15) is 0 Å². The number of phenols is 1. The molecule has 8 heteroatoms. The Kier molecular flexibility index (Phi) is 5.98. The van der Waals surface area contributed by atoms with E-state index in [1.54, 1.807) is 6.92 Å². The molecule has 38 heavy (non-hydrogen) atoms. The van der Waals surface area contributed by atoms with Gasteiger partial charge in [0.15, 0.2) is 17.3 Å². The molecule has 2 aliphatic rings. The number of carbonyl (C=O) groups excluding carboxylic acids is 3. The van der Waals surface area contributed by atoms with Crippen molar-refractivity contribution in [2.24, 2.45) is 0 Å². The zero-order valence-electron chi connectivity index (χ0n) is 21.5. The summed E-state index contributed by atoms with van der Waals surface area (Å²) in [4.78, 5) is 39.3. The predicted molar refractivity (Wildman–Crippen MR) is 141 cm³/mol. The minimum atomic E-state index is -1.61. The van der Waals surface area contributed by atoms with Crippen LogP contribution in [0.4, 0.5) is 0 Å². The molecule has 0 saturated carbocycles. The number of hydrogen-bond acceptors (Lipinski definition) is 7. The Labute approximate surface area is 219 Å². The molecule has 194 valence electrons. The molecule has 1 aliphatic carbocycles. The number of ketones is 2. The summed E-state index contributed by atoms with van der Waals surface area (Å²) >= 11 is 0. The number of aliphatic hydroxyl groups excluding tert-OH is 1. The summed E-state index contributed by atoms with van der Waals surface area (Å²) < 4.78 is 11.7. The molecule has 0 bridgehead atoms. The number of Topliss-reactive ketones (excluding diaryl/α,β-unsaturated/α-hetero) is 2. The summed E-state index contributed by atoms with van der Waals surface area (Å²) in [5.41, 5.74) is -0.00376. The maximum Gasteiger partial charge on any atom is 0.259 e. The van der Waals surface area contributed by atoms with E-state index in [0.717, 1.165) is 21.9 Å². The van der Waals surface area contributed by atoms with Gasteiger partial charge in [-0.05, 0) is 49.6 Å². The molecule has 0 radical (unpaired) electrons. The first kappa shape index (κ1) is 25.1. The second kappa shape index (κ2) is 9.06. The number of carbonyl (C=O) groups is 3. The monoisotopic (exact) mass is 513 g/mol. The van der Waals surface area contributed by atoms with Gasteiger partial charge in [0.25, 0.3) is 5.91 Å². The quantitative estimate of drug-likeness (QED) is 0.409. The lowest BCUT2D eigenvalue weighted by atomic mass is 9.71. The van der Waals surface area contributed by atoms with Crippen molar-refractivity contribution in [2.75, 3.05) is 6.61 Å². The van der Waals surface area contributed by atoms with E-state index in [4.69, 9.17) is 9.47 Å². The predicted octanol–water partition coefficient (Wildman–Crippen LogP) is 4.70. The van der Waals surface area contributed by atoms with Gasteiger partial charge < -0.3 is 25.0 Å². The SMILES string of the molecule is CCOc1cc(O)c2c(c1C(=O)NCc1c(C)ccc3ccccc13)OC1=CC(O)=C(C(C)=O)C(=O)[C@]12C. The number of aryl methyl sites for hydroxylation is 1. The van der Waals surface area contributed by atoms with Gasteiger partial charge in [-0.1, -0.05) is 36.4 Å². The fourth-order valence-electron chi connectivity index (χ4n) is 5.27. The first-order valence-corrected chi connectivity index (χ1v) is 12.3. The minimum Gasteiger partial charge on any atom is -0.507 e. The average molecular weight is 514 g/mol. The number of nitrogens with one attached hydrogen (secondary N) is 1. The Morgan fingerprint density at radius 2 is 1.87 bits per heavy atom. The van der Waals surface area contributed by atoms with E-state index in [0.29, 0.717) is 0 Å². The average Bonchev–Trinajstić information content (AvgIpc) is 3.17. The van der Waals surface area contributed by atoms with Gasteiger partial charge in [-0.15, -0.1) is 0 Å². The number of phenolic OH excluding ortho intramolecular Hbond substituents is 1. The normalized spacial score (nSPS) is 18.0. The smallest absolute Gasteiger partial charge is 0.259 e. The Balaban J connectivity index is 1.60. The van der Waals surface area contributed by atoms with Crippen LogP contribution in [0.3, 0.4) is 0 Å². The van der Waals surface area contributed by atoms with Crippen LogP contribution >= 0.6 is 0 Å². The van der Waals surface area contributed by atoms with E-state index in [-0.39, 0.29) is 47.3 Å². The van der Waals surface area contributed by atoms with Crippen LogP contribution in [0, 0.1) is 6.92 Å². The third-order valence-corrected chi connectivity index (χ3v) is 7.21. The van der Waals surface area contributed by atoms with Crippen molar-refractivity contribution in [3.63, 3.8) is 0 Å². The molecule has 3 N–H and O–H groups in total. The number of fused-ring (bicyclic) bond motifs is 4. The van der Waals surface area contributed by atoms with Crippen LogP contribution in [0.15, 0.2) is 65.6 Å². The van der Waals surface area contributed by atoms with Gasteiger partial charge >= 0.3 is 0 Å². The van der Waals surface area contributed by atoms with Gasteiger partial charge in [0.05, 0.1) is 12.2 Å². The number of allylic oxidation sites excluding steroid dienone is 3. The van der Waals surface area contributed by atoms with E-state index in [1.165, 1.54) is 26.0 Å². The molecule has 0 fully saturated rings. The maximum absolute atomic E-state index is 13.7. The number of aromatic hydroxyl groups is 1. The molecule has 3 aromatic carbocycles. The van der Waals surface area contributed by atoms with Crippen LogP contribution in [0.25, 0.3) is 10.8 Å². The molecule has 1 heterocycles. The van der Waals surface area contributed by atoms with Gasteiger partial charge in [0, 0.05) is 18.7 Å². The van der Waals surface area contributed by atoms with Gasteiger partial charge in [0.1, 0.15) is 39.6 Å². The fraction of sp³-hybridized carbons (Fsp3) is 0.233. The molecule has 0 unspecified atom stereocenters. The van der Waals surface area contributed by atoms with Crippen molar-refractivity contribution in [3.8, 4) is 17.2 Å². The maximum atomic E-state index is 13.7. The van der Waals surface area contributed by atoms with Crippen LogP contribution in [-0.4, -0.2) is 34.3 Å². The second-order valence-electron chi connectivity index (χ2n) is 9.55. The molecule has 1 atom stereocenters. The molecule has 0 saturated heterocycles. The third-order valence-electron chi connectivity index (χ3n) is 7.21. The van der Waals surface area contributed by atoms with Gasteiger partial charge in [0.2, 0.25) is 0 Å². The molecule has 1 aliphatic heterocycles. The Morgan fingerprint density at radius 3 is 2.58 bits per heavy atom. The summed E-state index contributed by atoms with van der Waals surface area (Å²) in [5, 5.41) is 26.4. The molecule has 8 nitrogen and oxygen atoms in total. The molecular weight excluding hydrogens is 486 g/mol. The molecule has 3 aromatic rings. The summed E-state index contributed by atoms with van der Waals surface area (Å²) in [5.74, 6) is -2.70.